The van der Waals surface area contributed by atoms with Crippen molar-refractivity contribution in [2.75, 3.05) is 5.32 Å². The zero-order valence-electron chi connectivity index (χ0n) is 15.8. The maximum Gasteiger partial charge on any atom is 0.252 e. The van der Waals surface area contributed by atoms with Gasteiger partial charge in [-0.15, -0.1) is 10.2 Å². The lowest BCUT2D eigenvalue weighted by Crippen LogP contribution is -2.55. The monoisotopic (exact) mass is 394 g/mol. The highest BCUT2D eigenvalue weighted by atomic mass is 19.3. The molecule has 3 aromatic rings. The van der Waals surface area contributed by atoms with E-state index in [1.807, 2.05) is 42.5 Å². The Bertz CT molecular complexity index is 1040. The second-order valence-electron chi connectivity index (χ2n) is 7.48. The van der Waals surface area contributed by atoms with Crippen LogP contribution >= 0.6 is 0 Å². The van der Waals surface area contributed by atoms with Crippen LogP contribution in [0.15, 0.2) is 60.7 Å². The molecule has 0 saturated heterocycles. The van der Waals surface area contributed by atoms with Crippen LogP contribution in [0.25, 0.3) is 22.4 Å². The molecule has 1 saturated carbocycles. The smallest absolute Gasteiger partial charge is 0.252 e. The summed E-state index contributed by atoms with van der Waals surface area (Å²) in [5, 5.41) is 11.0. The van der Waals surface area contributed by atoms with Gasteiger partial charge in [0.05, 0.1) is 5.54 Å². The molecule has 0 spiro atoms. The molecule has 1 amide bonds. The minimum absolute atomic E-state index is 0.235. The molecule has 1 aliphatic carbocycles. The molecule has 29 heavy (non-hydrogen) atoms. The van der Waals surface area contributed by atoms with Crippen molar-refractivity contribution in [2.45, 2.75) is 31.2 Å². The predicted molar refractivity (Wildman–Crippen MR) is 107 cm³/mol. The lowest BCUT2D eigenvalue weighted by Gasteiger charge is -2.44. The van der Waals surface area contributed by atoms with Gasteiger partial charge in [0.2, 0.25) is 5.91 Å². The number of hydrogen-bond acceptors (Lipinski definition) is 4. The molecule has 0 radical (unpaired) electrons. The molecule has 5 nitrogen and oxygen atoms in total. The van der Waals surface area contributed by atoms with Crippen LogP contribution < -0.4 is 11.1 Å². The summed E-state index contributed by atoms with van der Waals surface area (Å²) in [5.74, 6) is -2.57. The second kappa shape index (κ2) is 7.00. The Morgan fingerprint density at radius 1 is 1.00 bits per heavy atom. The third-order valence-corrected chi connectivity index (χ3v) is 5.06. The molecular formula is C22H20F2N4O. The molecule has 0 bridgehead atoms. The minimum atomic E-state index is -2.70. The van der Waals surface area contributed by atoms with Crippen LogP contribution in [0.1, 0.15) is 25.3 Å². The van der Waals surface area contributed by atoms with Crippen LogP contribution in [0.2, 0.25) is 0 Å². The molecule has 4 rings (SSSR count). The van der Waals surface area contributed by atoms with E-state index < -0.39 is 11.5 Å². The van der Waals surface area contributed by atoms with Crippen molar-refractivity contribution in [3.8, 4) is 22.4 Å². The van der Waals surface area contributed by atoms with Crippen LogP contribution in [0.3, 0.4) is 0 Å². The van der Waals surface area contributed by atoms with E-state index in [2.05, 4.69) is 15.5 Å². The first kappa shape index (κ1) is 19.1. The van der Waals surface area contributed by atoms with Crippen molar-refractivity contribution in [1.82, 2.24) is 10.2 Å². The van der Waals surface area contributed by atoms with E-state index in [9.17, 15) is 13.6 Å². The second-order valence-corrected chi connectivity index (χ2v) is 7.48. The Labute approximate surface area is 167 Å². The lowest BCUT2D eigenvalue weighted by atomic mass is 9.70. The summed E-state index contributed by atoms with van der Waals surface area (Å²) in [6.07, 6.45) is -0.695. The Kier molecular flexibility index (Phi) is 4.62. The molecule has 148 valence electrons. The topological polar surface area (TPSA) is 80.9 Å². The van der Waals surface area contributed by atoms with Gasteiger partial charge in [-0.2, -0.15) is 0 Å². The molecule has 1 heterocycles. The van der Waals surface area contributed by atoms with Crippen LogP contribution in [0, 0.1) is 0 Å². The molecule has 3 N–H and O–H groups in total. The lowest BCUT2D eigenvalue weighted by molar-refractivity contribution is -0.125. The highest BCUT2D eigenvalue weighted by Crippen LogP contribution is 2.50. The summed E-state index contributed by atoms with van der Waals surface area (Å²) in [6, 6.07) is 18.6. The largest absolute Gasteiger partial charge is 0.321 e. The third-order valence-electron chi connectivity index (χ3n) is 5.06. The predicted octanol–water partition coefficient (Wildman–Crippen LogP) is 4.35. The van der Waals surface area contributed by atoms with Gasteiger partial charge < -0.3 is 11.1 Å². The number of hydrogen-bond donors (Lipinski definition) is 2. The Balaban J connectivity index is 1.72. The fraction of sp³-hybridized carbons (Fsp3) is 0.227. The van der Waals surface area contributed by atoms with Gasteiger partial charge in [-0.25, -0.2) is 8.78 Å². The number of alkyl halides is 2. The maximum atomic E-state index is 13.3. The van der Waals surface area contributed by atoms with E-state index in [0.29, 0.717) is 17.1 Å². The van der Waals surface area contributed by atoms with Crippen molar-refractivity contribution in [2.24, 2.45) is 5.73 Å². The highest BCUT2D eigenvalue weighted by Gasteiger charge is 2.55. The van der Waals surface area contributed by atoms with Crippen LogP contribution in [-0.4, -0.2) is 22.0 Å². The van der Waals surface area contributed by atoms with E-state index in [1.54, 1.807) is 18.2 Å². The zero-order chi connectivity index (χ0) is 20.6. The standard InChI is InChI=1S/C22H20F2N4O/c1-14(29)26-19-11-18(15-5-3-2-4-6-15)20(28-27-19)16-7-9-17(10-8-16)21(25)12-22(23,24)13-21/h2-11H,12-13,25H2,1H3,(H,26,27,29). The minimum Gasteiger partial charge on any atom is -0.321 e. The van der Waals surface area contributed by atoms with Crippen molar-refractivity contribution in [1.29, 1.82) is 0 Å². The van der Waals surface area contributed by atoms with E-state index in [1.165, 1.54) is 6.92 Å². The number of anilines is 1. The van der Waals surface area contributed by atoms with Crippen LogP contribution in [0.4, 0.5) is 14.6 Å². The summed E-state index contributed by atoms with van der Waals surface area (Å²) in [5.41, 5.74) is 8.94. The number of rotatable bonds is 4. The van der Waals surface area contributed by atoms with Gasteiger partial charge in [-0.3, -0.25) is 4.79 Å². The normalized spacial score (nSPS) is 16.7. The maximum absolute atomic E-state index is 13.3. The molecule has 0 atom stereocenters. The Morgan fingerprint density at radius 3 is 2.24 bits per heavy atom. The van der Waals surface area contributed by atoms with E-state index in [4.69, 9.17) is 5.73 Å². The van der Waals surface area contributed by atoms with Crippen LogP contribution in [-0.2, 0) is 10.3 Å². The van der Waals surface area contributed by atoms with Gasteiger partial charge in [-0.1, -0.05) is 54.6 Å². The number of carbonyl (C=O) groups excluding carboxylic acids is 1. The molecule has 1 aromatic heterocycles. The number of halogens is 2. The quantitative estimate of drug-likeness (QED) is 0.689. The number of aromatic nitrogens is 2. The van der Waals surface area contributed by atoms with Crippen LogP contribution in [0.5, 0.6) is 0 Å². The number of benzene rings is 2. The average molecular weight is 394 g/mol. The molecule has 7 heteroatoms. The fourth-order valence-corrected chi connectivity index (χ4v) is 3.72. The number of carbonyl (C=O) groups is 1. The third kappa shape index (κ3) is 3.86. The van der Waals surface area contributed by atoms with Crippen molar-refractivity contribution in [3.63, 3.8) is 0 Å². The summed E-state index contributed by atoms with van der Waals surface area (Å²) in [4.78, 5) is 11.4. The van der Waals surface area contributed by atoms with Gasteiger partial charge in [0.25, 0.3) is 5.92 Å². The Morgan fingerprint density at radius 2 is 1.66 bits per heavy atom. The number of amides is 1. The van der Waals surface area contributed by atoms with E-state index >= 15 is 0 Å². The van der Waals surface area contributed by atoms with Gasteiger partial charge in [0.1, 0.15) is 5.69 Å². The number of nitrogens with one attached hydrogen (secondary N) is 1. The summed E-state index contributed by atoms with van der Waals surface area (Å²) < 4.78 is 26.6. The van der Waals surface area contributed by atoms with Gasteiger partial charge in [0, 0.05) is 30.9 Å². The fourth-order valence-electron chi connectivity index (χ4n) is 3.72. The van der Waals surface area contributed by atoms with Crippen molar-refractivity contribution in [3.05, 3.63) is 66.2 Å². The van der Waals surface area contributed by atoms with Gasteiger partial charge in [-0.05, 0) is 17.2 Å². The summed E-state index contributed by atoms with van der Waals surface area (Å²) in [7, 11) is 0. The Hall–Kier alpha value is -3.19. The first-order chi connectivity index (χ1) is 13.8. The van der Waals surface area contributed by atoms with Crippen molar-refractivity contribution < 1.29 is 13.6 Å². The number of nitrogens with zero attached hydrogens (tertiary/aromatic N) is 2. The summed E-state index contributed by atoms with van der Waals surface area (Å²) >= 11 is 0. The number of nitrogens with two attached hydrogens (primary N) is 1. The first-order valence-corrected chi connectivity index (χ1v) is 9.24. The van der Waals surface area contributed by atoms with E-state index in [-0.39, 0.29) is 18.7 Å². The molecule has 0 unspecified atom stereocenters. The van der Waals surface area contributed by atoms with Gasteiger partial charge in [0.15, 0.2) is 5.82 Å². The SMILES string of the molecule is CC(=O)Nc1cc(-c2ccccc2)c(-c2ccc(C3(N)CC(F)(F)C3)cc2)nn1. The van der Waals surface area contributed by atoms with E-state index in [0.717, 1.165) is 16.7 Å². The van der Waals surface area contributed by atoms with Crippen molar-refractivity contribution >= 4 is 11.7 Å². The summed E-state index contributed by atoms with van der Waals surface area (Å²) in [6.45, 7) is 1.41. The highest BCUT2D eigenvalue weighted by molar-refractivity contribution is 5.90. The first-order valence-electron chi connectivity index (χ1n) is 9.24. The average Bonchev–Trinajstić information content (AvgIpc) is 2.67. The van der Waals surface area contributed by atoms with Gasteiger partial charge >= 0.3 is 0 Å². The molecule has 1 fully saturated rings. The molecule has 1 aliphatic rings. The molecule has 2 aromatic carbocycles. The molecular weight excluding hydrogens is 374 g/mol. The zero-order valence-corrected chi connectivity index (χ0v) is 15.8. The molecule has 0 aliphatic heterocycles.